The fourth-order valence-corrected chi connectivity index (χ4v) is 3.22. The van der Waals surface area contributed by atoms with E-state index in [1.54, 1.807) is 12.1 Å². The number of hydrogen-bond donors (Lipinski definition) is 2. The van der Waals surface area contributed by atoms with E-state index in [1.165, 1.54) is 12.3 Å². The van der Waals surface area contributed by atoms with Crippen molar-refractivity contribution in [2.45, 2.75) is 6.61 Å². The molecule has 0 saturated carbocycles. The third-order valence-corrected chi connectivity index (χ3v) is 4.71. The van der Waals surface area contributed by atoms with Gasteiger partial charge in [0.2, 0.25) is 0 Å². The van der Waals surface area contributed by atoms with E-state index in [0.717, 1.165) is 17.4 Å². The van der Waals surface area contributed by atoms with Crippen molar-refractivity contribution in [3.05, 3.63) is 72.4 Å². The Morgan fingerprint density at radius 2 is 1.80 bits per heavy atom. The lowest BCUT2D eigenvalue weighted by molar-refractivity contribution is 0.282. The normalized spacial score (nSPS) is 11.3. The minimum atomic E-state index is -0.418. The Labute approximate surface area is 169 Å². The molecule has 8 nitrogen and oxygen atoms in total. The molecule has 0 atom stereocenters. The molecule has 0 spiro atoms. The number of benzene rings is 1. The van der Waals surface area contributed by atoms with Crippen LogP contribution >= 0.6 is 0 Å². The summed E-state index contributed by atoms with van der Waals surface area (Å²) in [6.07, 6.45) is 2.58. The lowest BCUT2D eigenvalue weighted by Gasteiger charge is -2.09. The molecule has 0 fully saturated rings. The summed E-state index contributed by atoms with van der Waals surface area (Å²) in [5.74, 6) is 0.301. The third-order valence-electron chi connectivity index (χ3n) is 4.71. The van der Waals surface area contributed by atoms with E-state index in [0.29, 0.717) is 33.9 Å². The number of fused-ring (bicyclic) bond motifs is 1. The average molecular weight is 402 g/mol. The Bertz CT molecular complexity index is 1340. The molecule has 5 aromatic rings. The molecule has 148 valence electrons. The number of imidazole rings is 1. The second kappa shape index (κ2) is 7.05. The van der Waals surface area contributed by atoms with Gasteiger partial charge in [0.1, 0.15) is 23.2 Å². The monoisotopic (exact) mass is 402 g/mol. The van der Waals surface area contributed by atoms with Gasteiger partial charge in [-0.25, -0.2) is 14.4 Å². The summed E-state index contributed by atoms with van der Waals surface area (Å²) >= 11 is 0. The topological polar surface area (TPSA) is 116 Å². The lowest BCUT2D eigenvalue weighted by atomic mass is 10.2. The highest BCUT2D eigenvalue weighted by atomic mass is 19.1. The molecule has 30 heavy (non-hydrogen) atoms. The highest BCUT2D eigenvalue weighted by Gasteiger charge is 2.20. The zero-order valence-corrected chi connectivity index (χ0v) is 15.5. The van der Waals surface area contributed by atoms with E-state index >= 15 is 0 Å². The van der Waals surface area contributed by atoms with Crippen molar-refractivity contribution in [3.63, 3.8) is 0 Å². The highest BCUT2D eigenvalue weighted by Crippen LogP contribution is 2.31. The predicted molar refractivity (Wildman–Crippen MR) is 108 cm³/mol. The number of aromatic nitrogens is 5. The van der Waals surface area contributed by atoms with Crippen molar-refractivity contribution < 1.29 is 14.0 Å². The number of nitrogens with zero attached hydrogens (tertiary/aromatic N) is 5. The Kier molecular flexibility index (Phi) is 4.22. The van der Waals surface area contributed by atoms with Crippen LogP contribution in [0.5, 0.6) is 0 Å². The second-order valence-electron chi connectivity index (χ2n) is 6.61. The van der Waals surface area contributed by atoms with Gasteiger partial charge in [-0.05, 0) is 42.0 Å². The molecule has 0 aliphatic rings. The van der Waals surface area contributed by atoms with Gasteiger partial charge in [0, 0.05) is 5.69 Å². The van der Waals surface area contributed by atoms with Crippen LogP contribution in [-0.4, -0.2) is 29.8 Å². The predicted octanol–water partition coefficient (Wildman–Crippen LogP) is 3.35. The molecule has 9 heteroatoms. The van der Waals surface area contributed by atoms with E-state index < -0.39 is 5.82 Å². The van der Waals surface area contributed by atoms with Crippen molar-refractivity contribution in [1.82, 2.24) is 24.7 Å². The van der Waals surface area contributed by atoms with Crippen molar-refractivity contribution in [2.24, 2.45) is 0 Å². The van der Waals surface area contributed by atoms with E-state index in [9.17, 15) is 9.50 Å². The molecule has 0 amide bonds. The molecule has 0 aliphatic heterocycles. The van der Waals surface area contributed by atoms with Gasteiger partial charge in [0.25, 0.3) is 0 Å². The summed E-state index contributed by atoms with van der Waals surface area (Å²) in [7, 11) is 0. The molecular weight excluding hydrogens is 387 g/mol. The number of hydrogen-bond acceptors (Lipinski definition) is 7. The van der Waals surface area contributed by atoms with Crippen molar-refractivity contribution in [3.8, 4) is 28.5 Å². The minimum absolute atomic E-state index is 0.0605. The van der Waals surface area contributed by atoms with Crippen LogP contribution in [-0.2, 0) is 6.61 Å². The molecule has 1 aromatic carbocycles. The third kappa shape index (κ3) is 2.97. The lowest BCUT2D eigenvalue weighted by Crippen LogP contribution is -2.01. The van der Waals surface area contributed by atoms with Gasteiger partial charge in [-0.2, -0.15) is 0 Å². The maximum atomic E-state index is 13.3. The molecule has 0 radical (unpaired) electrons. The first-order valence-corrected chi connectivity index (χ1v) is 9.06. The molecule has 5 rings (SSSR count). The van der Waals surface area contributed by atoms with Gasteiger partial charge in [0.05, 0.1) is 24.2 Å². The number of rotatable bonds is 4. The smallest absolute Gasteiger partial charge is 0.177 e. The van der Waals surface area contributed by atoms with Crippen molar-refractivity contribution in [1.29, 1.82) is 0 Å². The Morgan fingerprint density at radius 3 is 2.47 bits per heavy atom. The fraction of sp³-hybridized carbons (Fsp3) is 0.0476. The van der Waals surface area contributed by atoms with E-state index in [2.05, 4.69) is 15.1 Å². The van der Waals surface area contributed by atoms with Crippen LogP contribution in [0.1, 0.15) is 5.56 Å². The van der Waals surface area contributed by atoms with Crippen LogP contribution in [0.25, 0.3) is 39.6 Å². The van der Waals surface area contributed by atoms with Crippen LogP contribution in [0.3, 0.4) is 0 Å². The summed E-state index contributed by atoms with van der Waals surface area (Å²) in [6, 6.07) is 13.8. The molecule has 4 heterocycles. The Hall–Kier alpha value is -4.11. The van der Waals surface area contributed by atoms with Crippen LogP contribution in [0.4, 0.5) is 10.2 Å². The summed E-state index contributed by atoms with van der Waals surface area (Å²) < 4.78 is 20.1. The average Bonchev–Trinajstić information content (AvgIpc) is 3.36. The highest BCUT2D eigenvalue weighted by molar-refractivity contribution is 5.84. The van der Waals surface area contributed by atoms with Gasteiger partial charge in [-0.15, -0.1) is 0 Å². The maximum absolute atomic E-state index is 13.3. The quantitative estimate of drug-likeness (QED) is 0.473. The Balaban J connectivity index is 1.76. The molecule has 0 unspecified atom stereocenters. The number of aliphatic hydroxyl groups excluding tert-OH is 1. The summed E-state index contributed by atoms with van der Waals surface area (Å²) in [4.78, 5) is 13.5. The number of pyridine rings is 2. The number of nitrogen functional groups attached to an aromatic ring is 1. The summed E-state index contributed by atoms with van der Waals surface area (Å²) in [5, 5.41) is 13.1. The fourth-order valence-electron chi connectivity index (χ4n) is 3.22. The van der Waals surface area contributed by atoms with E-state index in [-0.39, 0.29) is 12.4 Å². The SMILES string of the molecule is Nc1nocc1-c1nc2ccc(-c3ccc(F)cn3)nc2n1-c1ccc(CO)cc1. The number of anilines is 1. The molecule has 0 bridgehead atoms. The first-order chi connectivity index (χ1) is 14.6. The number of halogens is 1. The standard InChI is InChI=1S/C21H15FN6O2/c22-13-3-6-16(24-9-13)17-7-8-18-21(25-17)28(14-4-1-12(10-29)2-5-14)20(26-18)15-11-30-27-19(15)23/h1-9,11,29H,10H2,(H2,23,27). The van der Waals surface area contributed by atoms with Crippen molar-refractivity contribution >= 4 is 17.0 Å². The van der Waals surface area contributed by atoms with Gasteiger partial charge in [0.15, 0.2) is 17.3 Å². The van der Waals surface area contributed by atoms with Crippen LogP contribution in [0.2, 0.25) is 0 Å². The van der Waals surface area contributed by atoms with Crippen LogP contribution < -0.4 is 5.73 Å². The van der Waals surface area contributed by atoms with Gasteiger partial charge >= 0.3 is 0 Å². The molecular formula is C21H15FN6O2. The molecule has 0 aliphatic carbocycles. The van der Waals surface area contributed by atoms with E-state index in [4.69, 9.17) is 15.2 Å². The maximum Gasteiger partial charge on any atom is 0.177 e. The summed E-state index contributed by atoms with van der Waals surface area (Å²) in [6.45, 7) is -0.0605. The molecule has 4 aromatic heterocycles. The van der Waals surface area contributed by atoms with E-state index in [1.807, 2.05) is 34.9 Å². The van der Waals surface area contributed by atoms with Gasteiger partial charge < -0.3 is 15.4 Å². The van der Waals surface area contributed by atoms with Crippen LogP contribution in [0.15, 0.2) is 65.5 Å². The zero-order chi connectivity index (χ0) is 20.7. The first kappa shape index (κ1) is 18.0. The number of aliphatic hydroxyl groups is 1. The van der Waals surface area contributed by atoms with Crippen LogP contribution in [0, 0.1) is 5.82 Å². The van der Waals surface area contributed by atoms with Gasteiger partial charge in [-0.1, -0.05) is 17.3 Å². The largest absolute Gasteiger partial charge is 0.392 e. The second-order valence-corrected chi connectivity index (χ2v) is 6.61. The minimum Gasteiger partial charge on any atom is -0.392 e. The van der Waals surface area contributed by atoms with Crippen molar-refractivity contribution in [2.75, 3.05) is 5.73 Å². The first-order valence-electron chi connectivity index (χ1n) is 9.06. The Morgan fingerprint density at radius 1 is 1.00 bits per heavy atom. The summed E-state index contributed by atoms with van der Waals surface area (Å²) in [5.41, 5.74) is 10.3. The molecule has 3 N–H and O–H groups in total. The number of nitrogens with two attached hydrogens (primary N) is 1. The molecule has 0 saturated heterocycles. The zero-order valence-electron chi connectivity index (χ0n) is 15.5. The van der Waals surface area contributed by atoms with Gasteiger partial charge in [-0.3, -0.25) is 9.55 Å².